The van der Waals surface area contributed by atoms with Gasteiger partial charge in [-0.1, -0.05) is 24.8 Å². The van der Waals surface area contributed by atoms with Gasteiger partial charge in [0.25, 0.3) is 5.91 Å². The minimum absolute atomic E-state index is 0.0578. The summed E-state index contributed by atoms with van der Waals surface area (Å²) in [6, 6.07) is 7.01. The van der Waals surface area contributed by atoms with Gasteiger partial charge in [0.05, 0.1) is 12.7 Å². The normalized spacial score (nSPS) is 28.5. The van der Waals surface area contributed by atoms with Crippen molar-refractivity contribution >= 4 is 19.6 Å². The summed E-state index contributed by atoms with van der Waals surface area (Å²) in [6.45, 7) is 9.00. The predicted molar refractivity (Wildman–Crippen MR) is 127 cm³/mol. The van der Waals surface area contributed by atoms with Crippen molar-refractivity contribution in [2.45, 2.75) is 63.9 Å². The number of aliphatic hydroxyl groups excluding tert-OH is 1. The van der Waals surface area contributed by atoms with E-state index in [1.54, 1.807) is 32.0 Å². The fraction of sp³-hybridized carbons (Fsp3) is 0.478. The number of alkyl halides is 1. The first-order valence-electron chi connectivity index (χ1n) is 11.3. The Labute approximate surface area is 208 Å². The van der Waals surface area contributed by atoms with Gasteiger partial charge in [0, 0.05) is 12.3 Å². The Bertz CT molecular complexity index is 1050. The minimum Gasteiger partial charge on any atom is -0.462 e. The molecule has 1 unspecified atom stereocenters. The van der Waals surface area contributed by atoms with Gasteiger partial charge < -0.3 is 29.3 Å². The number of para-hydroxylation sites is 1. The number of nitrogens with zero attached hydrogens (tertiary/aromatic N) is 1. The third kappa shape index (κ3) is 6.51. The van der Waals surface area contributed by atoms with E-state index >= 15 is 4.39 Å². The number of ether oxygens (including phenoxy) is 2. The third-order valence-corrected chi connectivity index (χ3v) is 7.01. The molecule has 36 heavy (non-hydrogen) atoms. The lowest BCUT2D eigenvalue weighted by molar-refractivity contribution is -0.149. The second kappa shape index (κ2) is 11.1. The molecule has 6 atom stereocenters. The first-order valence-corrected chi connectivity index (χ1v) is 12.8. The molecule has 0 radical (unpaired) electrons. The van der Waals surface area contributed by atoms with E-state index in [9.17, 15) is 19.3 Å². The maximum atomic E-state index is 15.5. The van der Waals surface area contributed by atoms with Crippen molar-refractivity contribution in [2.24, 2.45) is 0 Å². The Balaban J connectivity index is 1.76. The number of esters is 1. The molecular formula is C23H31FN3O8P. The van der Waals surface area contributed by atoms with Gasteiger partial charge in [0.2, 0.25) is 0 Å². The lowest BCUT2D eigenvalue weighted by Gasteiger charge is -2.35. The molecule has 2 aliphatic rings. The number of nitrogens with one attached hydrogen (secondary N) is 2. The van der Waals surface area contributed by atoms with Crippen LogP contribution in [0, 0.1) is 0 Å². The lowest BCUT2D eigenvalue weighted by atomic mass is 9.98. The van der Waals surface area contributed by atoms with Crippen LogP contribution in [0.3, 0.4) is 0 Å². The van der Waals surface area contributed by atoms with Gasteiger partial charge in [-0.3, -0.25) is 14.1 Å². The molecule has 1 aromatic rings. The van der Waals surface area contributed by atoms with E-state index in [0.29, 0.717) is 0 Å². The van der Waals surface area contributed by atoms with E-state index in [1.807, 2.05) is 0 Å². The second-order valence-corrected chi connectivity index (χ2v) is 10.5. The number of carbonyl (C=O) groups is 2. The molecule has 0 spiro atoms. The maximum absolute atomic E-state index is 15.5. The van der Waals surface area contributed by atoms with Crippen molar-refractivity contribution in [2.75, 3.05) is 6.61 Å². The van der Waals surface area contributed by atoms with Crippen molar-refractivity contribution in [1.82, 2.24) is 15.3 Å². The third-order valence-electron chi connectivity index (χ3n) is 5.37. The zero-order valence-corrected chi connectivity index (χ0v) is 21.3. The largest absolute Gasteiger partial charge is 0.462 e. The SMILES string of the molecule is C=C1NC(=O)C=CN1[C@@H]1O[C@H](COP(=O)(N[C@@H](C)C(=O)OC(C)C)Oc2ccccc2)[C@@H](O)[C@@]1(C)F. The van der Waals surface area contributed by atoms with Crippen LogP contribution in [0.15, 0.2) is 55.0 Å². The Kier molecular flexibility index (Phi) is 8.58. The van der Waals surface area contributed by atoms with Crippen molar-refractivity contribution in [1.29, 1.82) is 0 Å². The molecule has 2 aliphatic heterocycles. The van der Waals surface area contributed by atoms with Gasteiger partial charge in [-0.2, -0.15) is 5.09 Å². The van der Waals surface area contributed by atoms with E-state index in [-0.39, 0.29) is 11.6 Å². The number of benzene rings is 1. The summed E-state index contributed by atoms with van der Waals surface area (Å²) in [5.74, 6) is -0.881. The summed E-state index contributed by atoms with van der Waals surface area (Å²) in [6.07, 6.45) is -2.30. The van der Waals surface area contributed by atoms with Crippen LogP contribution in [0.2, 0.25) is 0 Å². The average molecular weight is 527 g/mol. The molecule has 0 aliphatic carbocycles. The van der Waals surface area contributed by atoms with E-state index in [2.05, 4.69) is 17.0 Å². The van der Waals surface area contributed by atoms with Crippen LogP contribution in [-0.2, 0) is 28.2 Å². The fourth-order valence-corrected chi connectivity index (χ4v) is 5.06. The fourth-order valence-electron chi connectivity index (χ4n) is 3.56. The van der Waals surface area contributed by atoms with E-state index in [0.717, 1.165) is 13.0 Å². The number of hydrogen-bond donors (Lipinski definition) is 3. The molecule has 1 saturated heterocycles. The Morgan fingerprint density at radius 3 is 2.64 bits per heavy atom. The van der Waals surface area contributed by atoms with Crippen molar-refractivity contribution in [3.8, 4) is 5.75 Å². The highest BCUT2D eigenvalue weighted by Crippen LogP contribution is 2.46. The average Bonchev–Trinajstić information content (AvgIpc) is 3.01. The summed E-state index contributed by atoms with van der Waals surface area (Å²) >= 11 is 0. The summed E-state index contributed by atoms with van der Waals surface area (Å²) in [5.41, 5.74) is -2.32. The van der Waals surface area contributed by atoms with Crippen LogP contribution in [0.5, 0.6) is 5.75 Å². The summed E-state index contributed by atoms with van der Waals surface area (Å²) in [4.78, 5) is 25.0. The number of carbonyl (C=O) groups excluding carboxylic acids is 2. The zero-order chi connectivity index (χ0) is 26.7. The summed E-state index contributed by atoms with van der Waals surface area (Å²) in [7, 11) is -4.25. The van der Waals surface area contributed by atoms with Crippen molar-refractivity contribution < 1.29 is 42.2 Å². The number of amides is 1. The molecule has 13 heteroatoms. The monoisotopic (exact) mass is 527 g/mol. The van der Waals surface area contributed by atoms with E-state index in [4.69, 9.17) is 18.5 Å². The standard InChI is InChI=1S/C23H31FN3O8P/c1-14(2)33-21(30)15(3)26-36(31,35-17-9-7-6-8-10-17)32-13-18-20(29)23(5,24)22(34-18)27-12-11-19(28)25-16(27)4/h6-12,14-15,18,20,22,29H,4,13H2,1-3,5H3,(H,25,28)(H,26,31)/t15-,18+,20+,22+,23+,36?/m0/s1. The van der Waals surface area contributed by atoms with E-state index in [1.165, 1.54) is 30.2 Å². The molecule has 11 nitrogen and oxygen atoms in total. The molecule has 3 N–H and O–H groups in total. The quantitative estimate of drug-likeness (QED) is 0.307. The van der Waals surface area contributed by atoms with Crippen molar-refractivity contribution in [3.05, 3.63) is 55.0 Å². The zero-order valence-electron chi connectivity index (χ0n) is 20.4. The number of rotatable bonds is 10. The summed E-state index contributed by atoms with van der Waals surface area (Å²) < 4.78 is 51.0. The number of hydrogen-bond acceptors (Lipinski definition) is 9. The molecule has 3 rings (SSSR count). The van der Waals surface area contributed by atoms with Gasteiger partial charge in [-0.05, 0) is 39.8 Å². The molecule has 1 fully saturated rings. The van der Waals surface area contributed by atoms with Crippen molar-refractivity contribution in [3.63, 3.8) is 0 Å². The lowest BCUT2D eigenvalue weighted by Crippen LogP contribution is -2.51. The van der Waals surface area contributed by atoms with E-state index < -0.39 is 62.5 Å². The molecule has 2 heterocycles. The predicted octanol–water partition coefficient (Wildman–Crippen LogP) is 2.35. The molecular weight excluding hydrogens is 496 g/mol. The van der Waals surface area contributed by atoms with Gasteiger partial charge in [0.15, 0.2) is 11.9 Å². The molecule has 1 amide bonds. The maximum Gasteiger partial charge on any atom is 0.459 e. The van der Waals surface area contributed by atoms with Crippen LogP contribution in [0.1, 0.15) is 27.7 Å². The first-order chi connectivity index (χ1) is 16.8. The smallest absolute Gasteiger partial charge is 0.459 e. The van der Waals surface area contributed by atoms with Gasteiger partial charge >= 0.3 is 13.7 Å². The van der Waals surface area contributed by atoms with Crippen LogP contribution < -0.4 is 14.9 Å². The van der Waals surface area contributed by atoms with Crippen LogP contribution in [0.4, 0.5) is 4.39 Å². The first kappa shape index (κ1) is 27.8. The Morgan fingerprint density at radius 1 is 1.36 bits per heavy atom. The van der Waals surface area contributed by atoms with Gasteiger partial charge in [0.1, 0.15) is 29.8 Å². The van der Waals surface area contributed by atoms with Crippen LogP contribution in [-0.4, -0.2) is 64.7 Å². The Hall–Kier alpha value is -2.76. The topological polar surface area (TPSA) is 136 Å². The highest BCUT2D eigenvalue weighted by atomic mass is 31.2. The molecule has 0 bridgehead atoms. The molecule has 0 aromatic heterocycles. The number of aliphatic hydroxyl groups is 1. The minimum atomic E-state index is -4.25. The highest BCUT2D eigenvalue weighted by Gasteiger charge is 2.57. The van der Waals surface area contributed by atoms with Gasteiger partial charge in [-0.25, -0.2) is 8.96 Å². The summed E-state index contributed by atoms with van der Waals surface area (Å²) in [5, 5.41) is 15.6. The number of halogens is 1. The van der Waals surface area contributed by atoms with Gasteiger partial charge in [-0.15, -0.1) is 0 Å². The highest BCUT2D eigenvalue weighted by molar-refractivity contribution is 7.52. The molecule has 0 saturated carbocycles. The van der Waals surface area contributed by atoms with Crippen LogP contribution >= 0.6 is 7.75 Å². The van der Waals surface area contributed by atoms with Crippen LogP contribution in [0.25, 0.3) is 0 Å². The molecule has 198 valence electrons. The Morgan fingerprint density at radius 2 is 2.03 bits per heavy atom. The molecule has 1 aromatic carbocycles. The second-order valence-electron chi connectivity index (χ2n) is 8.82.